The van der Waals surface area contributed by atoms with Crippen LogP contribution in [0, 0.1) is 13.8 Å². The lowest BCUT2D eigenvalue weighted by Gasteiger charge is -2.13. The number of aryl methyl sites for hydroxylation is 2. The fraction of sp³-hybridized carbons (Fsp3) is 0.240. The number of ether oxygens (including phenoxy) is 1. The van der Waals surface area contributed by atoms with Crippen LogP contribution >= 0.6 is 0 Å². The van der Waals surface area contributed by atoms with Crippen molar-refractivity contribution in [1.29, 1.82) is 0 Å². The number of methoxy groups -OCH3 is 1. The Bertz CT molecular complexity index is 1370. The fourth-order valence-electron chi connectivity index (χ4n) is 3.90. The molecule has 0 radical (unpaired) electrons. The van der Waals surface area contributed by atoms with Crippen LogP contribution < -0.4 is 15.6 Å². The molecule has 2 aromatic heterocycles. The van der Waals surface area contributed by atoms with Gasteiger partial charge in [-0.25, -0.2) is 0 Å². The van der Waals surface area contributed by atoms with Crippen molar-refractivity contribution in [3.63, 3.8) is 0 Å². The van der Waals surface area contributed by atoms with Gasteiger partial charge in [-0.1, -0.05) is 36.4 Å². The molecule has 0 fully saturated rings. The Morgan fingerprint density at radius 1 is 1.09 bits per heavy atom. The number of carbonyl (C=O) groups is 1. The van der Waals surface area contributed by atoms with E-state index in [0.717, 1.165) is 22.5 Å². The number of hydrogen-bond donors (Lipinski definition) is 1. The molecule has 0 aliphatic heterocycles. The quantitative estimate of drug-likeness (QED) is 0.503. The average molecular weight is 431 g/mol. The van der Waals surface area contributed by atoms with E-state index in [1.165, 1.54) is 4.52 Å². The van der Waals surface area contributed by atoms with E-state index < -0.39 is 0 Å². The Morgan fingerprint density at radius 3 is 2.56 bits per heavy atom. The van der Waals surface area contributed by atoms with Gasteiger partial charge in [0.05, 0.1) is 18.5 Å². The van der Waals surface area contributed by atoms with Crippen LogP contribution in [0.4, 0.5) is 5.69 Å². The number of hydrogen-bond acceptors (Lipinski definition) is 4. The predicted molar refractivity (Wildman–Crippen MR) is 125 cm³/mol. The third-order valence-corrected chi connectivity index (χ3v) is 5.83. The molecule has 7 heteroatoms. The minimum atomic E-state index is -0.194. The summed E-state index contributed by atoms with van der Waals surface area (Å²) in [5, 5.41) is 7.45. The molecule has 0 bridgehead atoms. The number of carbonyl (C=O) groups excluding carboxylic acids is 1. The molecule has 1 N–H and O–H groups in total. The Balaban J connectivity index is 1.62. The monoisotopic (exact) mass is 430 g/mol. The second kappa shape index (κ2) is 8.70. The minimum absolute atomic E-state index is 0.172. The van der Waals surface area contributed by atoms with Crippen molar-refractivity contribution >= 4 is 17.2 Å². The van der Waals surface area contributed by atoms with Gasteiger partial charge in [0.25, 0.3) is 5.56 Å². The van der Waals surface area contributed by atoms with Gasteiger partial charge in [0, 0.05) is 36.4 Å². The van der Waals surface area contributed by atoms with Crippen LogP contribution in [0.15, 0.2) is 59.4 Å². The summed E-state index contributed by atoms with van der Waals surface area (Å²) >= 11 is 0. The van der Waals surface area contributed by atoms with E-state index in [4.69, 9.17) is 4.74 Å². The molecule has 4 rings (SSSR count). The molecule has 2 aromatic carbocycles. The van der Waals surface area contributed by atoms with Crippen LogP contribution in [0.5, 0.6) is 5.75 Å². The van der Waals surface area contributed by atoms with Crippen LogP contribution in [-0.2, 0) is 18.3 Å². The third-order valence-electron chi connectivity index (χ3n) is 5.83. The van der Waals surface area contributed by atoms with E-state index in [1.54, 1.807) is 19.2 Å². The van der Waals surface area contributed by atoms with Gasteiger partial charge in [0.1, 0.15) is 11.4 Å². The SMILES string of the molecule is COc1ccccc1NC(=O)CCc1c(C)n(C)c2cc(-c3ccccc3C)nn2c1=O. The summed E-state index contributed by atoms with van der Waals surface area (Å²) < 4.78 is 8.66. The van der Waals surface area contributed by atoms with Gasteiger partial charge in [-0.2, -0.15) is 9.61 Å². The van der Waals surface area contributed by atoms with Crippen LogP contribution in [0.2, 0.25) is 0 Å². The summed E-state index contributed by atoms with van der Waals surface area (Å²) in [4.78, 5) is 25.8. The van der Waals surface area contributed by atoms with Gasteiger partial charge >= 0.3 is 0 Å². The minimum Gasteiger partial charge on any atom is -0.495 e. The largest absolute Gasteiger partial charge is 0.495 e. The summed E-state index contributed by atoms with van der Waals surface area (Å²) in [5.41, 5.74) is 5.37. The second-order valence-electron chi connectivity index (χ2n) is 7.79. The maximum atomic E-state index is 13.2. The number of nitrogens with one attached hydrogen (secondary N) is 1. The van der Waals surface area contributed by atoms with Gasteiger partial charge in [0.2, 0.25) is 5.91 Å². The zero-order chi connectivity index (χ0) is 22.8. The van der Waals surface area contributed by atoms with Crippen molar-refractivity contribution in [1.82, 2.24) is 14.2 Å². The molecular weight excluding hydrogens is 404 g/mol. The lowest BCUT2D eigenvalue weighted by Crippen LogP contribution is -2.26. The number of anilines is 1. The number of aromatic nitrogens is 3. The van der Waals surface area contributed by atoms with E-state index in [9.17, 15) is 9.59 Å². The number of amides is 1. The highest BCUT2D eigenvalue weighted by Crippen LogP contribution is 2.24. The van der Waals surface area contributed by atoms with Crippen LogP contribution in [0.25, 0.3) is 16.9 Å². The standard InChI is InChI=1S/C25H26N4O3/c1-16-9-5-6-10-18(16)21-15-24-28(3)17(2)19(25(31)29(24)27-21)13-14-23(30)26-20-11-7-8-12-22(20)32-4/h5-12,15H,13-14H2,1-4H3,(H,26,30). The molecule has 2 heterocycles. The summed E-state index contributed by atoms with van der Waals surface area (Å²) in [5.74, 6) is 0.409. The van der Waals surface area contributed by atoms with E-state index in [-0.39, 0.29) is 17.9 Å². The maximum Gasteiger partial charge on any atom is 0.277 e. The van der Waals surface area contributed by atoms with Gasteiger partial charge < -0.3 is 14.6 Å². The number of benzene rings is 2. The molecule has 0 unspecified atom stereocenters. The predicted octanol–water partition coefficient (Wildman–Crippen LogP) is 3.90. The van der Waals surface area contributed by atoms with Crippen molar-refractivity contribution in [2.24, 2.45) is 7.05 Å². The Labute approximate surface area is 186 Å². The van der Waals surface area contributed by atoms with Crippen LogP contribution in [-0.4, -0.2) is 27.2 Å². The zero-order valence-corrected chi connectivity index (χ0v) is 18.7. The van der Waals surface area contributed by atoms with E-state index in [2.05, 4.69) is 10.4 Å². The molecule has 0 atom stereocenters. The van der Waals surface area contributed by atoms with Crippen LogP contribution in [0.3, 0.4) is 0 Å². The highest BCUT2D eigenvalue weighted by Gasteiger charge is 2.17. The summed E-state index contributed by atoms with van der Waals surface area (Å²) in [6.45, 7) is 3.92. The first-order valence-electron chi connectivity index (χ1n) is 10.5. The average Bonchev–Trinajstić information content (AvgIpc) is 3.24. The molecule has 0 spiro atoms. The summed E-state index contributed by atoms with van der Waals surface area (Å²) in [6, 6.07) is 17.1. The topological polar surface area (TPSA) is 77.6 Å². The van der Waals surface area contributed by atoms with Gasteiger partial charge in [0.15, 0.2) is 0 Å². The summed E-state index contributed by atoms with van der Waals surface area (Å²) in [7, 11) is 3.47. The number of para-hydroxylation sites is 2. The van der Waals surface area contributed by atoms with Crippen LogP contribution in [0.1, 0.15) is 23.2 Å². The van der Waals surface area contributed by atoms with Crippen molar-refractivity contribution in [2.45, 2.75) is 26.7 Å². The molecule has 164 valence electrons. The first-order valence-corrected chi connectivity index (χ1v) is 10.5. The Hall–Kier alpha value is -3.87. The summed E-state index contributed by atoms with van der Waals surface area (Å²) in [6.07, 6.45) is 0.487. The molecule has 0 aliphatic carbocycles. The van der Waals surface area contributed by atoms with Gasteiger partial charge in [-0.15, -0.1) is 0 Å². The van der Waals surface area contributed by atoms with Crippen molar-refractivity contribution in [2.75, 3.05) is 12.4 Å². The van der Waals surface area contributed by atoms with Gasteiger partial charge in [-0.05, 0) is 38.0 Å². The smallest absolute Gasteiger partial charge is 0.277 e. The first kappa shape index (κ1) is 21.4. The molecule has 0 saturated carbocycles. The molecule has 0 aliphatic rings. The van der Waals surface area contributed by atoms with E-state index in [1.807, 2.05) is 67.9 Å². The van der Waals surface area contributed by atoms with Crippen molar-refractivity contribution in [3.05, 3.63) is 81.8 Å². The Kier molecular flexibility index (Phi) is 5.81. The molecule has 0 saturated heterocycles. The number of nitrogens with zero attached hydrogens (tertiary/aromatic N) is 3. The fourth-order valence-corrected chi connectivity index (χ4v) is 3.90. The third kappa shape index (κ3) is 3.89. The Morgan fingerprint density at radius 2 is 1.81 bits per heavy atom. The maximum absolute atomic E-state index is 13.2. The molecule has 4 aromatic rings. The lowest BCUT2D eigenvalue weighted by molar-refractivity contribution is -0.116. The molecule has 7 nitrogen and oxygen atoms in total. The molecule has 1 amide bonds. The highest BCUT2D eigenvalue weighted by atomic mass is 16.5. The first-order chi connectivity index (χ1) is 15.4. The van der Waals surface area contributed by atoms with Crippen molar-refractivity contribution < 1.29 is 9.53 Å². The highest BCUT2D eigenvalue weighted by molar-refractivity contribution is 5.92. The van der Waals surface area contributed by atoms with E-state index >= 15 is 0 Å². The second-order valence-corrected chi connectivity index (χ2v) is 7.79. The normalized spacial score (nSPS) is 11.0. The molecule has 32 heavy (non-hydrogen) atoms. The van der Waals surface area contributed by atoms with Crippen molar-refractivity contribution in [3.8, 4) is 17.0 Å². The number of fused-ring (bicyclic) bond motifs is 1. The molecular formula is C25H26N4O3. The van der Waals surface area contributed by atoms with E-state index in [0.29, 0.717) is 29.1 Å². The number of rotatable bonds is 6. The van der Waals surface area contributed by atoms with Gasteiger partial charge in [-0.3, -0.25) is 9.59 Å². The lowest BCUT2D eigenvalue weighted by atomic mass is 10.1. The zero-order valence-electron chi connectivity index (χ0n) is 18.7.